The summed E-state index contributed by atoms with van der Waals surface area (Å²) in [6, 6.07) is 9.13. The Bertz CT molecular complexity index is 527. The van der Waals surface area contributed by atoms with E-state index in [0.29, 0.717) is 19.3 Å². The lowest BCUT2D eigenvalue weighted by molar-refractivity contribution is -0.156. The second-order valence-corrected chi connectivity index (χ2v) is 5.13. The molecule has 5 heteroatoms. The Labute approximate surface area is 130 Å². The van der Waals surface area contributed by atoms with Crippen LogP contribution in [-0.4, -0.2) is 31.7 Å². The number of nitrogens with one attached hydrogen (secondary N) is 1. The van der Waals surface area contributed by atoms with E-state index in [2.05, 4.69) is 5.32 Å². The van der Waals surface area contributed by atoms with Crippen molar-refractivity contribution in [3.05, 3.63) is 48.0 Å². The molecule has 1 aromatic rings. The molecule has 118 valence electrons. The minimum atomic E-state index is -0.609. The summed E-state index contributed by atoms with van der Waals surface area (Å²) in [5, 5.41) is 2.91. The summed E-state index contributed by atoms with van der Waals surface area (Å²) in [5.74, 6) is -0.471. The van der Waals surface area contributed by atoms with Crippen LogP contribution in [0, 0.1) is 0 Å². The van der Waals surface area contributed by atoms with E-state index < -0.39 is 12.1 Å². The highest BCUT2D eigenvalue weighted by atomic mass is 16.6. The topological polar surface area (TPSA) is 64.6 Å². The van der Waals surface area contributed by atoms with Crippen LogP contribution in [0.15, 0.2) is 42.5 Å². The molecule has 1 unspecified atom stereocenters. The third kappa shape index (κ3) is 4.70. The average Bonchev–Trinajstić information content (AvgIpc) is 2.54. The van der Waals surface area contributed by atoms with Crippen LogP contribution in [0.4, 0.5) is 0 Å². The summed E-state index contributed by atoms with van der Waals surface area (Å²) >= 11 is 0. The quantitative estimate of drug-likeness (QED) is 0.671. The van der Waals surface area contributed by atoms with Gasteiger partial charge in [-0.3, -0.25) is 4.79 Å². The van der Waals surface area contributed by atoms with Crippen LogP contribution in [0.25, 0.3) is 0 Å². The molecule has 1 aromatic carbocycles. The number of allylic oxidation sites excluding steroid dienone is 1. The maximum absolute atomic E-state index is 12.0. The Morgan fingerprint density at radius 3 is 2.68 bits per heavy atom. The van der Waals surface area contributed by atoms with E-state index in [1.54, 1.807) is 0 Å². The molecule has 0 spiro atoms. The van der Waals surface area contributed by atoms with Crippen molar-refractivity contribution in [3.63, 3.8) is 0 Å². The summed E-state index contributed by atoms with van der Waals surface area (Å²) < 4.78 is 10.5. The molecule has 0 aliphatic carbocycles. The van der Waals surface area contributed by atoms with Crippen LogP contribution >= 0.6 is 0 Å². The van der Waals surface area contributed by atoms with Crippen LogP contribution in [0.2, 0.25) is 0 Å². The lowest BCUT2D eigenvalue weighted by Crippen LogP contribution is -2.34. The van der Waals surface area contributed by atoms with Gasteiger partial charge in [0.25, 0.3) is 0 Å². The number of esters is 1. The Balaban J connectivity index is 2.14. The SMILES string of the molecule is CO[C@@H]1CC=CCCC(=O)NC(c2ccccc2)COC1=O. The Hall–Kier alpha value is -2.14. The van der Waals surface area contributed by atoms with Gasteiger partial charge in [-0.25, -0.2) is 4.79 Å². The van der Waals surface area contributed by atoms with Crippen molar-refractivity contribution >= 4 is 11.9 Å². The molecule has 2 atom stereocenters. The summed E-state index contributed by atoms with van der Waals surface area (Å²) in [6.45, 7) is 0.0954. The number of ether oxygens (including phenoxy) is 2. The molecule has 0 saturated carbocycles. The zero-order valence-electron chi connectivity index (χ0n) is 12.7. The van der Waals surface area contributed by atoms with E-state index in [4.69, 9.17) is 9.47 Å². The number of benzene rings is 1. The molecule has 0 saturated heterocycles. The van der Waals surface area contributed by atoms with E-state index in [1.165, 1.54) is 7.11 Å². The van der Waals surface area contributed by atoms with E-state index >= 15 is 0 Å². The molecule has 1 N–H and O–H groups in total. The first-order valence-corrected chi connectivity index (χ1v) is 7.39. The molecule has 1 heterocycles. The molecular formula is C17H21NO4. The van der Waals surface area contributed by atoms with Crippen molar-refractivity contribution in [3.8, 4) is 0 Å². The van der Waals surface area contributed by atoms with Crippen LogP contribution in [0.3, 0.4) is 0 Å². The molecule has 5 nitrogen and oxygen atoms in total. The Kier molecular flexibility index (Phi) is 6.15. The smallest absolute Gasteiger partial charge is 0.335 e. The minimum absolute atomic E-state index is 0.0570. The lowest BCUT2D eigenvalue weighted by atomic mass is 10.1. The van der Waals surface area contributed by atoms with E-state index in [-0.39, 0.29) is 18.6 Å². The number of carbonyl (C=O) groups is 2. The van der Waals surface area contributed by atoms with Gasteiger partial charge in [-0.2, -0.15) is 0 Å². The normalized spacial score (nSPS) is 23.9. The molecule has 0 aromatic heterocycles. The van der Waals surface area contributed by atoms with Gasteiger partial charge in [0.1, 0.15) is 6.61 Å². The van der Waals surface area contributed by atoms with Gasteiger partial charge in [-0.05, 0) is 12.0 Å². The highest BCUT2D eigenvalue weighted by Crippen LogP contribution is 2.15. The molecule has 1 aliphatic heterocycles. The van der Waals surface area contributed by atoms with Crippen molar-refractivity contribution < 1.29 is 19.1 Å². The van der Waals surface area contributed by atoms with Crippen LogP contribution in [-0.2, 0) is 19.1 Å². The predicted octanol–water partition coefficient (Wildman–Crippen LogP) is 2.14. The summed E-state index contributed by atoms with van der Waals surface area (Å²) in [6.07, 6.45) is 4.62. The van der Waals surface area contributed by atoms with Gasteiger partial charge in [0.05, 0.1) is 6.04 Å². The molecule has 22 heavy (non-hydrogen) atoms. The highest BCUT2D eigenvalue weighted by molar-refractivity contribution is 5.77. The number of cyclic esters (lactones) is 1. The van der Waals surface area contributed by atoms with Gasteiger partial charge in [-0.15, -0.1) is 0 Å². The van der Waals surface area contributed by atoms with E-state index in [1.807, 2.05) is 42.5 Å². The Morgan fingerprint density at radius 2 is 1.95 bits per heavy atom. The monoisotopic (exact) mass is 303 g/mol. The maximum atomic E-state index is 12.0. The summed E-state index contributed by atoms with van der Waals surface area (Å²) in [5.41, 5.74) is 0.908. The molecule has 0 fully saturated rings. The first-order chi connectivity index (χ1) is 10.7. The fraction of sp³-hybridized carbons (Fsp3) is 0.412. The standard InChI is InChI=1S/C17H21NO4/c1-21-15-10-6-3-7-11-16(19)18-14(12-22-17(15)20)13-8-4-2-5-9-13/h2-6,8-9,14-15H,7,10-12H2,1H3,(H,18,19)/t14?,15-/m1/s1. The zero-order valence-corrected chi connectivity index (χ0v) is 12.7. The molecule has 0 radical (unpaired) electrons. The van der Waals surface area contributed by atoms with Gasteiger partial charge in [-0.1, -0.05) is 42.5 Å². The molecule has 1 aliphatic rings. The van der Waals surface area contributed by atoms with Gasteiger partial charge in [0.15, 0.2) is 6.10 Å². The maximum Gasteiger partial charge on any atom is 0.335 e. The predicted molar refractivity (Wildman–Crippen MR) is 82.1 cm³/mol. The minimum Gasteiger partial charge on any atom is -0.461 e. The molecule has 1 amide bonds. The average molecular weight is 303 g/mol. The van der Waals surface area contributed by atoms with Crippen molar-refractivity contribution in [2.24, 2.45) is 0 Å². The second kappa shape index (κ2) is 8.34. The van der Waals surface area contributed by atoms with Crippen LogP contribution in [0.5, 0.6) is 0 Å². The number of rotatable bonds is 2. The number of hydrogen-bond acceptors (Lipinski definition) is 4. The van der Waals surface area contributed by atoms with Gasteiger partial charge < -0.3 is 14.8 Å². The fourth-order valence-electron chi connectivity index (χ4n) is 2.27. The van der Waals surface area contributed by atoms with Crippen molar-refractivity contribution in [1.29, 1.82) is 0 Å². The summed E-state index contributed by atoms with van der Waals surface area (Å²) in [7, 11) is 1.49. The largest absolute Gasteiger partial charge is 0.461 e. The van der Waals surface area contributed by atoms with Crippen molar-refractivity contribution in [2.45, 2.75) is 31.4 Å². The van der Waals surface area contributed by atoms with E-state index in [0.717, 1.165) is 5.56 Å². The highest BCUT2D eigenvalue weighted by Gasteiger charge is 2.22. The number of methoxy groups -OCH3 is 1. The van der Waals surface area contributed by atoms with Crippen molar-refractivity contribution in [2.75, 3.05) is 13.7 Å². The number of hydrogen-bond donors (Lipinski definition) is 1. The second-order valence-electron chi connectivity index (χ2n) is 5.13. The van der Waals surface area contributed by atoms with Gasteiger partial charge in [0.2, 0.25) is 5.91 Å². The van der Waals surface area contributed by atoms with Crippen molar-refractivity contribution in [1.82, 2.24) is 5.32 Å². The molecular weight excluding hydrogens is 282 g/mol. The lowest BCUT2D eigenvalue weighted by Gasteiger charge is -2.21. The third-order valence-electron chi connectivity index (χ3n) is 3.53. The fourth-order valence-corrected chi connectivity index (χ4v) is 2.27. The van der Waals surface area contributed by atoms with Crippen LogP contribution < -0.4 is 5.32 Å². The van der Waals surface area contributed by atoms with Gasteiger partial charge in [0, 0.05) is 20.0 Å². The van der Waals surface area contributed by atoms with Crippen LogP contribution in [0.1, 0.15) is 30.9 Å². The third-order valence-corrected chi connectivity index (χ3v) is 3.53. The van der Waals surface area contributed by atoms with E-state index in [9.17, 15) is 9.59 Å². The first kappa shape index (κ1) is 16.2. The number of carbonyl (C=O) groups excluding carboxylic acids is 2. The molecule has 0 bridgehead atoms. The Morgan fingerprint density at radius 1 is 1.18 bits per heavy atom. The zero-order chi connectivity index (χ0) is 15.8. The summed E-state index contributed by atoms with van der Waals surface area (Å²) in [4.78, 5) is 24.0. The number of amides is 1. The molecule has 2 rings (SSSR count). The first-order valence-electron chi connectivity index (χ1n) is 7.39. The van der Waals surface area contributed by atoms with Gasteiger partial charge >= 0.3 is 5.97 Å².